The van der Waals surface area contributed by atoms with E-state index in [-0.39, 0.29) is 29.4 Å². The van der Waals surface area contributed by atoms with E-state index in [1.807, 2.05) is 19.1 Å². The molecule has 1 aromatic rings. The van der Waals surface area contributed by atoms with Gasteiger partial charge in [-0.2, -0.15) is 0 Å². The number of rotatable bonds is 3. The average molecular weight is 307 g/mol. The molecule has 2 aliphatic rings. The standard InChI is InChI=1S/C16H21NO3S/c1-2-17(15-7-8-21(19,20)11-15)16(18)14-9-12-5-3-4-6-13(12)10-14/h3-6,14-15H,2,7-11H2,1H3/t15-/m1/s1. The highest BCUT2D eigenvalue weighted by molar-refractivity contribution is 7.91. The molecule has 1 aliphatic heterocycles. The van der Waals surface area contributed by atoms with Crippen molar-refractivity contribution < 1.29 is 13.2 Å². The van der Waals surface area contributed by atoms with Crippen LogP contribution in [0.5, 0.6) is 0 Å². The Bertz CT molecular complexity index is 628. The van der Waals surface area contributed by atoms with Gasteiger partial charge in [0, 0.05) is 18.5 Å². The second kappa shape index (κ2) is 5.44. The van der Waals surface area contributed by atoms with Crippen molar-refractivity contribution in [2.45, 2.75) is 32.2 Å². The van der Waals surface area contributed by atoms with Crippen LogP contribution in [0.15, 0.2) is 24.3 Å². The maximum Gasteiger partial charge on any atom is 0.226 e. The Balaban J connectivity index is 1.73. The molecule has 0 bridgehead atoms. The highest BCUT2D eigenvalue weighted by Crippen LogP contribution is 2.29. The van der Waals surface area contributed by atoms with Gasteiger partial charge in [0.25, 0.3) is 0 Å². The second-order valence-electron chi connectivity index (χ2n) is 6.05. The number of hydrogen-bond donors (Lipinski definition) is 0. The number of sulfone groups is 1. The van der Waals surface area contributed by atoms with Gasteiger partial charge in [-0.1, -0.05) is 24.3 Å². The minimum Gasteiger partial charge on any atom is -0.339 e. The first-order chi connectivity index (χ1) is 10.00. The summed E-state index contributed by atoms with van der Waals surface area (Å²) in [5.74, 6) is 0.444. The van der Waals surface area contributed by atoms with Crippen molar-refractivity contribution in [2.75, 3.05) is 18.1 Å². The molecule has 0 radical (unpaired) electrons. The quantitative estimate of drug-likeness (QED) is 0.849. The van der Waals surface area contributed by atoms with Gasteiger partial charge in [0.15, 0.2) is 9.84 Å². The van der Waals surface area contributed by atoms with E-state index in [2.05, 4.69) is 12.1 Å². The van der Waals surface area contributed by atoms with Crippen LogP contribution in [0.1, 0.15) is 24.5 Å². The Morgan fingerprint density at radius 1 is 1.24 bits per heavy atom. The van der Waals surface area contributed by atoms with Gasteiger partial charge in [-0.3, -0.25) is 4.79 Å². The highest BCUT2D eigenvalue weighted by atomic mass is 32.2. The third kappa shape index (κ3) is 2.84. The molecule has 0 spiro atoms. The average Bonchev–Trinajstić information content (AvgIpc) is 3.02. The van der Waals surface area contributed by atoms with Crippen LogP contribution in [0.2, 0.25) is 0 Å². The summed E-state index contributed by atoms with van der Waals surface area (Å²) in [4.78, 5) is 14.6. The number of nitrogens with zero attached hydrogens (tertiary/aromatic N) is 1. The van der Waals surface area contributed by atoms with Crippen molar-refractivity contribution >= 4 is 15.7 Å². The summed E-state index contributed by atoms with van der Waals surface area (Å²) in [6, 6.07) is 8.05. The van der Waals surface area contributed by atoms with E-state index < -0.39 is 9.84 Å². The molecule has 0 unspecified atom stereocenters. The van der Waals surface area contributed by atoms with E-state index in [4.69, 9.17) is 0 Å². The number of hydrogen-bond acceptors (Lipinski definition) is 3. The molecule has 1 saturated heterocycles. The molecular weight excluding hydrogens is 286 g/mol. The van der Waals surface area contributed by atoms with E-state index in [0.29, 0.717) is 13.0 Å². The summed E-state index contributed by atoms with van der Waals surface area (Å²) in [6.45, 7) is 2.52. The minimum absolute atomic E-state index is 0.0225. The summed E-state index contributed by atoms with van der Waals surface area (Å²) in [7, 11) is -2.96. The summed E-state index contributed by atoms with van der Waals surface area (Å²) in [5.41, 5.74) is 2.51. The fourth-order valence-corrected chi connectivity index (χ4v) is 5.31. The van der Waals surface area contributed by atoms with Crippen LogP contribution in [0.4, 0.5) is 0 Å². The smallest absolute Gasteiger partial charge is 0.226 e. The summed E-state index contributed by atoms with van der Waals surface area (Å²) >= 11 is 0. The first kappa shape index (κ1) is 14.6. The lowest BCUT2D eigenvalue weighted by molar-refractivity contribution is -0.136. The predicted molar refractivity (Wildman–Crippen MR) is 81.8 cm³/mol. The van der Waals surface area contributed by atoms with Gasteiger partial charge in [0.2, 0.25) is 5.91 Å². The zero-order valence-corrected chi connectivity index (χ0v) is 13.1. The van der Waals surface area contributed by atoms with E-state index >= 15 is 0 Å². The number of carbonyl (C=O) groups is 1. The lowest BCUT2D eigenvalue weighted by Gasteiger charge is -2.29. The van der Waals surface area contributed by atoms with Gasteiger partial charge in [-0.25, -0.2) is 8.42 Å². The molecule has 5 heteroatoms. The second-order valence-corrected chi connectivity index (χ2v) is 8.28. The van der Waals surface area contributed by atoms with Crippen molar-refractivity contribution in [3.05, 3.63) is 35.4 Å². The molecule has 0 N–H and O–H groups in total. The van der Waals surface area contributed by atoms with Gasteiger partial charge in [0.05, 0.1) is 11.5 Å². The monoisotopic (exact) mass is 307 g/mol. The number of fused-ring (bicyclic) bond motifs is 1. The normalized spacial score (nSPS) is 24.0. The van der Waals surface area contributed by atoms with Crippen molar-refractivity contribution in [1.29, 1.82) is 0 Å². The van der Waals surface area contributed by atoms with Gasteiger partial charge >= 0.3 is 0 Å². The van der Waals surface area contributed by atoms with Gasteiger partial charge in [-0.05, 0) is 37.3 Å². The lowest BCUT2D eigenvalue weighted by atomic mass is 10.0. The molecule has 1 fully saturated rings. The lowest BCUT2D eigenvalue weighted by Crippen LogP contribution is -2.44. The predicted octanol–water partition coefficient (Wildman–Crippen LogP) is 1.44. The van der Waals surface area contributed by atoms with Crippen LogP contribution in [-0.2, 0) is 27.5 Å². The minimum atomic E-state index is -2.96. The van der Waals surface area contributed by atoms with Crippen LogP contribution >= 0.6 is 0 Å². The highest BCUT2D eigenvalue weighted by Gasteiger charge is 2.37. The van der Waals surface area contributed by atoms with Crippen LogP contribution < -0.4 is 0 Å². The van der Waals surface area contributed by atoms with Crippen molar-refractivity contribution in [3.63, 3.8) is 0 Å². The summed E-state index contributed by atoms with van der Waals surface area (Å²) in [5, 5.41) is 0. The Morgan fingerprint density at radius 3 is 2.33 bits per heavy atom. The van der Waals surface area contributed by atoms with Gasteiger partial charge in [0.1, 0.15) is 0 Å². The zero-order valence-electron chi connectivity index (χ0n) is 12.3. The maximum atomic E-state index is 12.8. The first-order valence-electron chi connectivity index (χ1n) is 7.58. The Morgan fingerprint density at radius 2 is 1.86 bits per heavy atom. The van der Waals surface area contributed by atoms with E-state index in [1.54, 1.807) is 4.90 Å². The number of amides is 1. The Labute approximate surface area is 126 Å². The summed E-state index contributed by atoms with van der Waals surface area (Å²) < 4.78 is 23.3. The molecule has 1 aromatic carbocycles. The molecule has 0 saturated carbocycles. The van der Waals surface area contributed by atoms with Crippen LogP contribution in [0.3, 0.4) is 0 Å². The van der Waals surface area contributed by atoms with E-state index in [1.165, 1.54) is 11.1 Å². The molecular formula is C16H21NO3S. The molecule has 114 valence electrons. The topological polar surface area (TPSA) is 54.5 Å². The fourth-order valence-electron chi connectivity index (χ4n) is 3.58. The fraction of sp³-hybridized carbons (Fsp3) is 0.562. The molecule has 4 nitrogen and oxygen atoms in total. The first-order valence-corrected chi connectivity index (χ1v) is 9.40. The molecule has 0 aromatic heterocycles. The maximum absolute atomic E-state index is 12.8. The van der Waals surface area contributed by atoms with E-state index in [0.717, 1.165) is 12.8 Å². The van der Waals surface area contributed by atoms with Crippen molar-refractivity contribution in [2.24, 2.45) is 5.92 Å². The molecule has 1 aliphatic carbocycles. The largest absolute Gasteiger partial charge is 0.339 e. The van der Waals surface area contributed by atoms with E-state index in [9.17, 15) is 13.2 Å². The molecule has 3 rings (SSSR count). The molecule has 21 heavy (non-hydrogen) atoms. The van der Waals surface area contributed by atoms with Crippen molar-refractivity contribution in [3.8, 4) is 0 Å². The van der Waals surface area contributed by atoms with Crippen LogP contribution in [-0.4, -0.2) is 43.3 Å². The van der Waals surface area contributed by atoms with Crippen LogP contribution in [0, 0.1) is 5.92 Å². The SMILES string of the molecule is CCN(C(=O)C1Cc2ccccc2C1)[C@@H]1CCS(=O)(=O)C1. The molecule has 1 atom stereocenters. The molecule has 1 heterocycles. The Hall–Kier alpha value is -1.36. The van der Waals surface area contributed by atoms with Gasteiger partial charge in [-0.15, -0.1) is 0 Å². The van der Waals surface area contributed by atoms with Crippen molar-refractivity contribution in [1.82, 2.24) is 4.90 Å². The third-order valence-electron chi connectivity index (χ3n) is 4.67. The number of benzene rings is 1. The zero-order chi connectivity index (χ0) is 15.0. The Kier molecular flexibility index (Phi) is 3.78. The summed E-state index contributed by atoms with van der Waals surface area (Å²) in [6.07, 6.45) is 2.15. The third-order valence-corrected chi connectivity index (χ3v) is 6.42. The van der Waals surface area contributed by atoms with Gasteiger partial charge < -0.3 is 4.90 Å². The number of carbonyl (C=O) groups excluding carboxylic acids is 1. The van der Waals surface area contributed by atoms with Crippen LogP contribution in [0.25, 0.3) is 0 Å². The molecule has 1 amide bonds.